The predicted octanol–water partition coefficient (Wildman–Crippen LogP) is 0.0794. The Bertz CT molecular complexity index is 918. The number of morpholine rings is 1. The van der Waals surface area contributed by atoms with Gasteiger partial charge in [-0.25, -0.2) is 9.78 Å². The normalized spacial score (nSPS) is 21.2. The fraction of sp³-hybridized carbons (Fsp3) is 0.722. The largest absolute Gasteiger partial charge is 0.380 e. The Labute approximate surface area is 158 Å². The van der Waals surface area contributed by atoms with Crippen LogP contribution in [-0.2, 0) is 36.7 Å². The highest BCUT2D eigenvalue weighted by Gasteiger charge is 2.25. The quantitative estimate of drug-likeness (QED) is 0.661. The van der Waals surface area contributed by atoms with E-state index in [-0.39, 0.29) is 23.5 Å². The summed E-state index contributed by atoms with van der Waals surface area (Å²) in [6.07, 6.45) is 0.291. The van der Waals surface area contributed by atoms with E-state index in [0.29, 0.717) is 37.5 Å². The van der Waals surface area contributed by atoms with E-state index in [1.54, 1.807) is 7.05 Å². The Balaban J connectivity index is 2.06. The highest BCUT2D eigenvalue weighted by atomic mass is 16.5. The average Bonchev–Trinajstić information content (AvgIpc) is 2.96. The van der Waals surface area contributed by atoms with Crippen LogP contribution in [0.25, 0.3) is 11.2 Å². The number of rotatable bonds is 6. The average molecular weight is 379 g/mol. The third kappa shape index (κ3) is 3.85. The molecule has 27 heavy (non-hydrogen) atoms. The molecule has 1 saturated heterocycles. The van der Waals surface area contributed by atoms with E-state index in [9.17, 15) is 9.59 Å². The van der Waals surface area contributed by atoms with Gasteiger partial charge in [0.1, 0.15) is 5.82 Å². The molecule has 9 nitrogen and oxygen atoms in total. The smallest absolute Gasteiger partial charge is 0.332 e. The maximum absolute atomic E-state index is 12.8. The highest BCUT2D eigenvalue weighted by Crippen LogP contribution is 2.17. The first-order chi connectivity index (χ1) is 12.8. The summed E-state index contributed by atoms with van der Waals surface area (Å²) in [5, 5.41) is 0. The first kappa shape index (κ1) is 19.8. The Morgan fingerprint density at radius 2 is 1.81 bits per heavy atom. The van der Waals surface area contributed by atoms with Gasteiger partial charge < -0.3 is 14.0 Å². The lowest BCUT2D eigenvalue weighted by molar-refractivity contribution is -0.0713. The van der Waals surface area contributed by atoms with Gasteiger partial charge in [-0.3, -0.25) is 18.8 Å². The summed E-state index contributed by atoms with van der Waals surface area (Å²) in [4.78, 5) is 32.0. The van der Waals surface area contributed by atoms with Crippen LogP contribution >= 0.6 is 0 Å². The molecule has 9 heteroatoms. The number of ether oxygens (including phenoxy) is 2. The van der Waals surface area contributed by atoms with Crippen LogP contribution in [0.5, 0.6) is 0 Å². The fourth-order valence-corrected chi connectivity index (χ4v) is 3.77. The van der Waals surface area contributed by atoms with Gasteiger partial charge in [0.15, 0.2) is 11.2 Å². The maximum atomic E-state index is 12.8. The molecule has 1 aliphatic heterocycles. The lowest BCUT2D eigenvalue weighted by Gasteiger charge is -2.35. The maximum Gasteiger partial charge on any atom is 0.332 e. The molecule has 1 aliphatic rings. The van der Waals surface area contributed by atoms with Gasteiger partial charge >= 0.3 is 5.69 Å². The van der Waals surface area contributed by atoms with E-state index in [1.807, 2.05) is 11.5 Å². The molecule has 0 aromatic carbocycles. The third-order valence-electron chi connectivity index (χ3n) is 4.95. The lowest BCUT2D eigenvalue weighted by atomic mass is 10.2. The number of nitrogens with zero attached hydrogens (tertiary/aromatic N) is 5. The summed E-state index contributed by atoms with van der Waals surface area (Å²) in [6.45, 7) is 9.85. The van der Waals surface area contributed by atoms with Crippen LogP contribution in [0, 0.1) is 0 Å². The van der Waals surface area contributed by atoms with Crippen molar-refractivity contribution in [3.8, 4) is 0 Å². The molecule has 2 atom stereocenters. The predicted molar refractivity (Wildman–Crippen MR) is 102 cm³/mol. The topological polar surface area (TPSA) is 83.5 Å². The zero-order valence-corrected chi connectivity index (χ0v) is 16.8. The zero-order chi connectivity index (χ0) is 19.7. The molecule has 2 aromatic heterocycles. The number of aryl methyl sites for hydroxylation is 1. The number of imidazole rings is 1. The molecule has 0 bridgehead atoms. The van der Waals surface area contributed by atoms with E-state index < -0.39 is 0 Å². The van der Waals surface area contributed by atoms with E-state index in [1.165, 1.54) is 11.6 Å². The van der Waals surface area contributed by atoms with Crippen molar-refractivity contribution in [1.29, 1.82) is 0 Å². The molecule has 3 rings (SSSR count). The van der Waals surface area contributed by atoms with Gasteiger partial charge in [-0.05, 0) is 20.8 Å². The molecule has 3 heterocycles. The van der Waals surface area contributed by atoms with Crippen LogP contribution in [0.2, 0.25) is 0 Å². The van der Waals surface area contributed by atoms with Crippen LogP contribution < -0.4 is 11.2 Å². The number of fused-ring (bicyclic) bond motifs is 1. The van der Waals surface area contributed by atoms with Crippen LogP contribution in [0.1, 0.15) is 26.6 Å². The van der Waals surface area contributed by atoms with E-state index in [4.69, 9.17) is 9.47 Å². The van der Waals surface area contributed by atoms with Crippen LogP contribution in [0.3, 0.4) is 0 Å². The molecule has 0 radical (unpaired) electrons. The molecule has 0 amide bonds. The molecule has 0 N–H and O–H groups in total. The van der Waals surface area contributed by atoms with Crippen molar-refractivity contribution < 1.29 is 9.47 Å². The fourth-order valence-electron chi connectivity index (χ4n) is 3.77. The van der Waals surface area contributed by atoms with Crippen LogP contribution in [-0.4, -0.2) is 62.1 Å². The minimum atomic E-state index is -0.373. The number of hydrogen-bond donors (Lipinski definition) is 0. The van der Waals surface area contributed by atoms with Gasteiger partial charge in [0.05, 0.1) is 25.4 Å². The summed E-state index contributed by atoms with van der Waals surface area (Å²) in [7, 11) is 3.14. The van der Waals surface area contributed by atoms with Crippen molar-refractivity contribution >= 4 is 11.2 Å². The molecular weight excluding hydrogens is 350 g/mol. The molecule has 0 unspecified atom stereocenters. The van der Waals surface area contributed by atoms with Crippen molar-refractivity contribution in [3.05, 3.63) is 26.7 Å². The van der Waals surface area contributed by atoms with Crippen molar-refractivity contribution in [2.24, 2.45) is 14.1 Å². The molecule has 0 spiro atoms. The van der Waals surface area contributed by atoms with Crippen LogP contribution in [0.4, 0.5) is 0 Å². The van der Waals surface area contributed by atoms with Crippen molar-refractivity contribution in [1.82, 2.24) is 23.6 Å². The molecule has 1 fully saturated rings. The second-order valence-corrected chi connectivity index (χ2v) is 7.21. The lowest BCUT2D eigenvalue weighted by Crippen LogP contribution is -2.45. The summed E-state index contributed by atoms with van der Waals surface area (Å²) in [5.74, 6) is 0.768. The minimum Gasteiger partial charge on any atom is -0.380 e. The van der Waals surface area contributed by atoms with Gasteiger partial charge in [0.2, 0.25) is 0 Å². The number of aromatic nitrogens is 4. The van der Waals surface area contributed by atoms with Gasteiger partial charge in [-0.1, -0.05) is 0 Å². The van der Waals surface area contributed by atoms with Gasteiger partial charge in [0.25, 0.3) is 5.56 Å². The summed E-state index contributed by atoms with van der Waals surface area (Å²) >= 11 is 0. The summed E-state index contributed by atoms with van der Waals surface area (Å²) in [5.41, 5.74) is 0.168. The van der Waals surface area contributed by atoms with E-state index >= 15 is 0 Å². The Hall–Kier alpha value is -1.97. The van der Waals surface area contributed by atoms with E-state index in [2.05, 4.69) is 23.7 Å². The summed E-state index contributed by atoms with van der Waals surface area (Å²) < 4.78 is 15.8. The zero-order valence-electron chi connectivity index (χ0n) is 16.8. The Morgan fingerprint density at radius 1 is 1.15 bits per heavy atom. The summed E-state index contributed by atoms with van der Waals surface area (Å²) in [6, 6.07) is 0. The Morgan fingerprint density at radius 3 is 2.44 bits per heavy atom. The first-order valence-corrected chi connectivity index (χ1v) is 9.44. The van der Waals surface area contributed by atoms with Crippen molar-refractivity contribution in [3.63, 3.8) is 0 Å². The molecule has 150 valence electrons. The minimum absolute atomic E-state index is 0.146. The monoisotopic (exact) mass is 379 g/mol. The standard InChI is InChI=1S/C18H29N5O4/c1-6-26-8-7-23-14(11-22-9-12(2)27-13(3)10-22)19-16-15(23)17(24)21(5)18(25)20(16)4/h12-13H,6-11H2,1-5H3/t12-,13+. The van der Waals surface area contributed by atoms with Gasteiger partial charge in [-0.2, -0.15) is 0 Å². The second-order valence-electron chi connectivity index (χ2n) is 7.21. The first-order valence-electron chi connectivity index (χ1n) is 9.44. The van der Waals surface area contributed by atoms with Crippen molar-refractivity contribution in [2.45, 2.75) is 46.1 Å². The van der Waals surface area contributed by atoms with Gasteiger partial charge in [-0.15, -0.1) is 0 Å². The number of hydrogen-bond acceptors (Lipinski definition) is 6. The SMILES string of the molecule is CCOCCn1c(CN2C[C@@H](C)O[C@@H](C)C2)nc2c1c(=O)n(C)c(=O)n2C. The second kappa shape index (κ2) is 7.95. The van der Waals surface area contributed by atoms with E-state index in [0.717, 1.165) is 23.5 Å². The molecular formula is C18H29N5O4. The molecule has 2 aromatic rings. The van der Waals surface area contributed by atoms with Crippen LogP contribution in [0.15, 0.2) is 9.59 Å². The van der Waals surface area contributed by atoms with Gasteiger partial charge in [0, 0.05) is 40.3 Å². The van der Waals surface area contributed by atoms with Crippen molar-refractivity contribution in [2.75, 3.05) is 26.3 Å². The highest BCUT2D eigenvalue weighted by molar-refractivity contribution is 5.71. The molecule has 0 saturated carbocycles. The Kier molecular flexibility index (Phi) is 5.83. The third-order valence-corrected chi connectivity index (χ3v) is 4.95. The molecule has 0 aliphatic carbocycles.